The minimum absolute atomic E-state index is 0.0644. The molecule has 7 nitrogen and oxygen atoms in total. The Morgan fingerprint density at radius 2 is 1.25 bits per heavy atom. The van der Waals surface area contributed by atoms with Crippen LogP contribution in [-0.2, 0) is 9.59 Å². The van der Waals surface area contributed by atoms with E-state index in [9.17, 15) is 14.4 Å². The van der Waals surface area contributed by atoms with E-state index >= 15 is 0 Å². The quantitative estimate of drug-likeness (QED) is 0.495. The second-order valence-electron chi connectivity index (χ2n) is 7.16. The standard InChI is InChI=1S/C25H26N4O3/c1-3-23(30)27-20-13-15-21(16-14-20)28-24(31)17-26-19-11-9-18(10-12-19)25(32)29(2)22-7-5-4-6-8-22/h4-16,26H,3,17H2,1-2H3,(H,27,30)(H,28,31). The highest BCUT2D eigenvalue weighted by Gasteiger charge is 2.13. The van der Waals surface area contributed by atoms with E-state index in [2.05, 4.69) is 16.0 Å². The van der Waals surface area contributed by atoms with Gasteiger partial charge >= 0.3 is 0 Å². The van der Waals surface area contributed by atoms with E-state index in [1.54, 1.807) is 67.4 Å². The number of nitrogens with one attached hydrogen (secondary N) is 3. The average molecular weight is 431 g/mol. The van der Waals surface area contributed by atoms with Crippen molar-refractivity contribution in [1.82, 2.24) is 0 Å². The topological polar surface area (TPSA) is 90.5 Å². The maximum absolute atomic E-state index is 12.6. The minimum Gasteiger partial charge on any atom is -0.376 e. The van der Waals surface area contributed by atoms with Crippen LogP contribution in [0, 0.1) is 0 Å². The van der Waals surface area contributed by atoms with Crippen LogP contribution in [-0.4, -0.2) is 31.3 Å². The second kappa shape index (κ2) is 10.8. The summed E-state index contributed by atoms with van der Waals surface area (Å²) in [7, 11) is 1.73. The molecule has 0 radical (unpaired) electrons. The van der Waals surface area contributed by atoms with Crippen molar-refractivity contribution in [2.45, 2.75) is 13.3 Å². The van der Waals surface area contributed by atoms with E-state index in [1.807, 2.05) is 30.3 Å². The number of rotatable bonds is 8. The van der Waals surface area contributed by atoms with Gasteiger partial charge in [-0.15, -0.1) is 0 Å². The van der Waals surface area contributed by atoms with E-state index in [0.717, 1.165) is 11.4 Å². The number of carbonyl (C=O) groups is 3. The molecule has 0 unspecified atom stereocenters. The SMILES string of the molecule is CCC(=O)Nc1ccc(NC(=O)CNc2ccc(C(=O)N(C)c3ccccc3)cc2)cc1. The van der Waals surface area contributed by atoms with Gasteiger partial charge in [-0.2, -0.15) is 0 Å². The molecule has 3 aromatic rings. The van der Waals surface area contributed by atoms with Crippen LogP contribution >= 0.6 is 0 Å². The van der Waals surface area contributed by atoms with Gasteiger partial charge in [-0.05, 0) is 60.7 Å². The Kier molecular flexibility index (Phi) is 7.59. The van der Waals surface area contributed by atoms with Gasteiger partial charge in [-0.3, -0.25) is 14.4 Å². The van der Waals surface area contributed by atoms with Crippen molar-refractivity contribution in [3.63, 3.8) is 0 Å². The Balaban J connectivity index is 1.50. The summed E-state index contributed by atoms with van der Waals surface area (Å²) in [6.07, 6.45) is 0.406. The summed E-state index contributed by atoms with van der Waals surface area (Å²) in [6, 6.07) is 23.3. The highest BCUT2D eigenvalue weighted by molar-refractivity contribution is 6.06. The third kappa shape index (κ3) is 6.18. The molecule has 7 heteroatoms. The van der Waals surface area contributed by atoms with Crippen molar-refractivity contribution < 1.29 is 14.4 Å². The van der Waals surface area contributed by atoms with Crippen molar-refractivity contribution in [2.24, 2.45) is 0 Å². The Morgan fingerprint density at radius 1 is 0.719 bits per heavy atom. The number of hydrogen-bond acceptors (Lipinski definition) is 4. The molecule has 3 rings (SSSR count). The smallest absolute Gasteiger partial charge is 0.258 e. The Bertz CT molecular complexity index is 1060. The Morgan fingerprint density at radius 3 is 1.81 bits per heavy atom. The van der Waals surface area contributed by atoms with E-state index in [-0.39, 0.29) is 24.3 Å². The maximum atomic E-state index is 12.6. The molecule has 0 aromatic heterocycles. The van der Waals surface area contributed by atoms with Crippen LogP contribution in [0.5, 0.6) is 0 Å². The van der Waals surface area contributed by atoms with Crippen LogP contribution in [0.15, 0.2) is 78.9 Å². The van der Waals surface area contributed by atoms with Gasteiger partial charge in [0.1, 0.15) is 0 Å². The summed E-state index contributed by atoms with van der Waals surface area (Å²) in [6.45, 7) is 1.86. The molecule has 0 aliphatic rings. The molecule has 164 valence electrons. The molecule has 32 heavy (non-hydrogen) atoms. The van der Waals surface area contributed by atoms with Gasteiger partial charge < -0.3 is 20.9 Å². The molecule has 3 N–H and O–H groups in total. The molecule has 3 aromatic carbocycles. The van der Waals surface area contributed by atoms with Crippen molar-refractivity contribution in [3.8, 4) is 0 Å². The van der Waals surface area contributed by atoms with Gasteiger partial charge in [-0.1, -0.05) is 25.1 Å². The molecule has 0 spiro atoms. The molecular weight excluding hydrogens is 404 g/mol. The average Bonchev–Trinajstić information content (AvgIpc) is 2.84. The fraction of sp³-hybridized carbons (Fsp3) is 0.160. The zero-order valence-corrected chi connectivity index (χ0v) is 18.1. The van der Waals surface area contributed by atoms with E-state index < -0.39 is 0 Å². The fourth-order valence-electron chi connectivity index (χ4n) is 2.97. The van der Waals surface area contributed by atoms with Gasteiger partial charge in [0, 0.05) is 41.8 Å². The highest BCUT2D eigenvalue weighted by Crippen LogP contribution is 2.17. The van der Waals surface area contributed by atoms with Crippen molar-refractivity contribution in [2.75, 3.05) is 34.4 Å². The molecule has 0 atom stereocenters. The summed E-state index contributed by atoms with van der Waals surface area (Å²) in [5.41, 5.74) is 3.42. The van der Waals surface area contributed by atoms with Crippen LogP contribution in [0.1, 0.15) is 23.7 Å². The molecule has 0 aliphatic heterocycles. The maximum Gasteiger partial charge on any atom is 0.258 e. The van der Waals surface area contributed by atoms with E-state index in [1.165, 1.54) is 0 Å². The predicted molar refractivity (Wildman–Crippen MR) is 128 cm³/mol. The lowest BCUT2D eigenvalue weighted by atomic mass is 10.1. The lowest BCUT2D eigenvalue weighted by Gasteiger charge is -2.17. The molecule has 0 aliphatic carbocycles. The number of para-hydroxylation sites is 1. The monoisotopic (exact) mass is 430 g/mol. The van der Waals surface area contributed by atoms with Gasteiger partial charge in [0.25, 0.3) is 5.91 Å². The molecule has 0 fully saturated rings. The van der Waals surface area contributed by atoms with Crippen LogP contribution in [0.3, 0.4) is 0 Å². The van der Waals surface area contributed by atoms with Gasteiger partial charge in [0.15, 0.2) is 0 Å². The third-order valence-electron chi connectivity index (χ3n) is 4.81. The van der Waals surface area contributed by atoms with Crippen LogP contribution in [0.4, 0.5) is 22.7 Å². The zero-order chi connectivity index (χ0) is 22.9. The third-order valence-corrected chi connectivity index (χ3v) is 4.81. The highest BCUT2D eigenvalue weighted by atomic mass is 16.2. The number of benzene rings is 3. The largest absolute Gasteiger partial charge is 0.376 e. The van der Waals surface area contributed by atoms with E-state index in [4.69, 9.17) is 0 Å². The first-order valence-electron chi connectivity index (χ1n) is 10.3. The van der Waals surface area contributed by atoms with Crippen molar-refractivity contribution in [1.29, 1.82) is 0 Å². The normalized spacial score (nSPS) is 10.2. The number of amides is 3. The molecule has 0 heterocycles. The summed E-state index contributed by atoms with van der Waals surface area (Å²) >= 11 is 0. The van der Waals surface area contributed by atoms with Crippen molar-refractivity contribution >= 4 is 40.5 Å². The molecule has 0 saturated heterocycles. The van der Waals surface area contributed by atoms with Crippen LogP contribution < -0.4 is 20.9 Å². The van der Waals surface area contributed by atoms with Crippen LogP contribution in [0.2, 0.25) is 0 Å². The minimum atomic E-state index is -0.209. The zero-order valence-electron chi connectivity index (χ0n) is 18.1. The number of carbonyl (C=O) groups excluding carboxylic acids is 3. The molecular formula is C25H26N4O3. The molecule has 0 saturated carbocycles. The summed E-state index contributed by atoms with van der Waals surface area (Å²) in [5.74, 6) is -0.385. The number of nitrogens with zero attached hydrogens (tertiary/aromatic N) is 1. The number of anilines is 4. The summed E-state index contributed by atoms with van der Waals surface area (Å²) in [5, 5.41) is 8.59. The van der Waals surface area contributed by atoms with Crippen LogP contribution in [0.25, 0.3) is 0 Å². The fourth-order valence-corrected chi connectivity index (χ4v) is 2.97. The number of hydrogen-bond donors (Lipinski definition) is 3. The summed E-state index contributed by atoms with van der Waals surface area (Å²) in [4.78, 5) is 37.9. The Labute approximate surface area is 187 Å². The Hall–Kier alpha value is -4.13. The first-order valence-corrected chi connectivity index (χ1v) is 10.3. The van der Waals surface area contributed by atoms with Gasteiger partial charge in [-0.25, -0.2) is 0 Å². The predicted octanol–water partition coefficient (Wildman–Crippen LogP) is 4.36. The lowest BCUT2D eigenvalue weighted by molar-refractivity contribution is -0.116. The van der Waals surface area contributed by atoms with Crippen molar-refractivity contribution in [3.05, 3.63) is 84.4 Å². The molecule has 3 amide bonds. The first-order chi connectivity index (χ1) is 15.5. The van der Waals surface area contributed by atoms with Gasteiger partial charge in [0.2, 0.25) is 11.8 Å². The molecule has 0 bridgehead atoms. The summed E-state index contributed by atoms with van der Waals surface area (Å²) < 4.78 is 0. The lowest BCUT2D eigenvalue weighted by Crippen LogP contribution is -2.26. The second-order valence-corrected chi connectivity index (χ2v) is 7.16. The first kappa shape index (κ1) is 22.6. The van der Waals surface area contributed by atoms with Gasteiger partial charge in [0.05, 0.1) is 6.54 Å². The van der Waals surface area contributed by atoms with E-state index in [0.29, 0.717) is 23.4 Å².